The lowest BCUT2D eigenvalue weighted by Gasteiger charge is -2.24. The highest BCUT2D eigenvalue weighted by atomic mass is 32.1. The summed E-state index contributed by atoms with van der Waals surface area (Å²) in [5.74, 6) is 6.03. The van der Waals surface area contributed by atoms with Crippen LogP contribution in [-0.4, -0.2) is 26.7 Å². The van der Waals surface area contributed by atoms with Gasteiger partial charge < -0.3 is 5.43 Å². The van der Waals surface area contributed by atoms with Gasteiger partial charge in [0.25, 0.3) is 0 Å². The average molecular weight is 291 g/mol. The van der Waals surface area contributed by atoms with Gasteiger partial charge in [-0.15, -0.1) is 11.3 Å². The topological polar surface area (TPSA) is 101 Å². The summed E-state index contributed by atoms with van der Waals surface area (Å²) in [7, 11) is 0. The van der Waals surface area contributed by atoms with Crippen LogP contribution in [-0.2, 0) is 16.1 Å². The molecule has 1 aliphatic rings. The second-order valence-electron chi connectivity index (χ2n) is 4.50. The van der Waals surface area contributed by atoms with Gasteiger partial charge in [0.15, 0.2) is 11.6 Å². The molecule has 0 saturated carbocycles. The SMILES string of the molecule is NNc1nc(CN2C(=O)CCCC2=O)nc2sccc12. The highest BCUT2D eigenvalue weighted by Crippen LogP contribution is 2.25. The fourth-order valence-electron chi connectivity index (χ4n) is 2.20. The molecule has 1 fully saturated rings. The summed E-state index contributed by atoms with van der Waals surface area (Å²) in [6.45, 7) is 0.0974. The molecule has 2 aromatic rings. The van der Waals surface area contributed by atoms with Gasteiger partial charge in [0.2, 0.25) is 11.8 Å². The van der Waals surface area contributed by atoms with Crippen molar-refractivity contribution in [3.8, 4) is 0 Å². The first-order valence-corrected chi connectivity index (χ1v) is 7.11. The zero-order valence-electron chi connectivity index (χ0n) is 10.6. The van der Waals surface area contributed by atoms with E-state index in [0.29, 0.717) is 30.9 Å². The summed E-state index contributed by atoms with van der Waals surface area (Å²) in [6.07, 6.45) is 1.42. The molecule has 2 aromatic heterocycles. The zero-order valence-corrected chi connectivity index (χ0v) is 11.4. The largest absolute Gasteiger partial charge is 0.308 e. The maximum atomic E-state index is 11.8. The molecule has 7 nitrogen and oxygen atoms in total. The lowest BCUT2D eigenvalue weighted by Crippen LogP contribution is -2.39. The van der Waals surface area contributed by atoms with Crippen LogP contribution >= 0.6 is 11.3 Å². The van der Waals surface area contributed by atoms with E-state index < -0.39 is 0 Å². The number of carbonyl (C=O) groups excluding carboxylic acids is 2. The number of amides is 2. The molecule has 1 aliphatic heterocycles. The molecular weight excluding hydrogens is 278 g/mol. The number of imide groups is 1. The summed E-state index contributed by atoms with van der Waals surface area (Å²) in [5.41, 5.74) is 2.52. The molecule has 104 valence electrons. The number of hydrazine groups is 1. The molecule has 0 radical (unpaired) electrons. The molecular formula is C12H13N5O2S. The molecule has 3 heterocycles. The lowest BCUT2D eigenvalue weighted by molar-refractivity contribution is -0.148. The third-order valence-corrected chi connectivity index (χ3v) is 4.00. The number of nitrogens with zero attached hydrogens (tertiary/aromatic N) is 3. The minimum Gasteiger partial charge on any atom is -0.308 e. The van der Waals surface area contributed by atoms with Crippen LogP contribution in [0.4, 0.5) is 5.82 Å². The minimum atomic E-state index is -0.168. The standard InChI is InChI=1S/C12H13N5O2S/c13-16-11-7-4-5-20-12(7)15-8(14-11)6-17-9(18)2-1-3-10(17)19/h4-5H,1-3,6,13H2,(H,14,15,16). The van der Waals surface area contributed by atoms with E-state index in [9.17, 15) is 9.59 Å². The van der Waals surface area contributed by atoms with Crippen molar-refractivity contribution in [2.75, 3.05) is 5.43 Å². The molecule has 20 heavy (non-hydrogen) atoms. The van der Waals surface area contributed by atoms with Crippen molar-refractivity contribution in [2.45, 2.75) is 25.8 Å². The van der Waals surface area contributed by atoms with Gasteiger partial charge in [0.05, 0.1) is 11.9 Å². The number of hydrogen-bond acceptors (Lipinski definition) is 7. The van der Waals surface area contributed by atoms with Crippen LogP contribution in [0.3, 0.4) is 0 Å². The average Bonchev–Trinajstić information content (AvgIpc) is 2.90. The number of hydrogen-bond donors (Lipinski definition) is 2. The van der Waals surface area contributed by atoms with E-state index in [0.717, 1.165) is 10.2 Å². The number of rotatable bonds is 3. The maximum Gasteiger partial charge on any atom is 0.229 e. The summed E-state index contributed by atoms with van der Waals surface area (Å²) in [4.78, 5) is 34.2. The predicted molar refractivity (Wildman–Crippen MR) is 74.6 cm³/mol. The Morgan fingerprint density at radius 1 is 1.30 bits per heavy atom. The maximum absolute atomic E-state index is 11.8. The van der Waals surface area contributed by atoms with Crippen molar-refractivity contribution < 1.29 is 9.59 Å². The van der Waals surface area contributed by atoms with Gasteiger partial charge in [-0.2, -0.15) is 0 Å². The van der Waals surface area contributed by atoms with Gasteiger partial charge in [-0.25, -0.2) is 15.8 Å². The van der Waals surface area contributed by atoms with E-state index in [1.807, 2.05) is 11.4 Å². The van der Waals surface area contributed by atoms with Crippen molar-refractivity contribution in [3.05, 3.63) is 17.3 Å². The smallest absolute Gasteiger partial charge is 0.229 e. The van der Waals surface area contributed by atoms with Crippen molar-refractivity contribution in [2.24, 2.45) is 5.84 Å². The van der Waals surface area contributed by atoms with Crippen molar-refractivity contribution in [3.63, 3.8) is 0 Å². The van der Waals surface area contributed by atoms with Crippen LogP contribution in [0.15, 0.2) is 11.4 Å². The third-order valence-electron chi connectivity index (χ3n) is 3.19. The highest BCUT2D eigenvalue weighted by Gasteiger charge is 2.27. The molecule has 3 rings (SSSR count). The Kier molecular flexibility index (Phi) is 3.33. The lowest BCUT2D eigenvalue weighted by atomic mass is 10.1. The number of aromatic nitrogens is 2. The molecule has 2 amide bonds. The van der Waals surface area contributed by atoms with E-state index in [4.69, 9.17) is 5.84 Å². The Balaban J connectivity index is 1.93. The number of piperidine rings is 1. The van der Waals surface area contributed by atoms with Gasteiger partial charge in [-0.05, 0) is 17.9 Å². The van der Waals surface area contributed by atoms with Crippen LogP contribution in [0.25, 0.3) is 10.2 Å². The first kappa shape index (κ1) is 12.9. The Morgan fingerprint density at radius 3 is 2.75 bits per heavy atom. The van der Waals surface area contributed by atoms with Crippen LogP contribution in [0.2, 0.25) is 0 Å². The second kappa shape index (κ2) is 5.14. The van der Waals surface area contributed by atoms with E-state index in [-0.39, 0.29) is 18.4 Å². The van der Waals surface area contributed by atoms with Gasteiger partial charge >= 0.3 is 0 Å². The van der Waals surface area contributed by atoms with Crippen molar-refractivity contribution in [1.82, 2.24) is 14.9 Å². The van der Waals surface area contributed by atoms with E-state index in [2.05, 4.69) is 15.4 Å². The molecule has 0 aliphatic carbocycles. The highest BCUT2D eigenvalue weighted by molar-refractivity contribution is 7.16. The third kappa shape index (κ3) is 2.23. The van der Waals surface area contributed by atoms with E-state index >= 15 is 0 Å². The zero-order chi connectivity index (χ0) is 14.1. The van der Waals surface area contributed by atoms with Crippen LogP contribution < -0.4 is 11.3 Å². The summed E-state index contributed by atoms with van der Waals surface area (Å²) >= 11 is 1.46. The molecule has 0 unspecified atom stereocenters. The number of thiophene rings is 1. The number of fused-ring (bicyclic) bond motifs is 1. The van der Waals surface area contributed by atoms with Gasteiger partial charge in [0.1, 0.15) is 4.83 Å². The minimum absolute atomic E-state index is 0.0974. The summed E-state index contributed by atoms with van der Waals surface area (Å²) in [6, 6.07) is 1.87. The Labute approximate surface area is 118 Å². The van der Waals surface area contributed by atoms with Crippen LogP contribution in [0.5, 0.6) is 0 Å². The molecule has 0 spiro atoms. The monoisotopic (exact) mass is 291 g/mol. The number of nitrogens with one attached hydrogen (secondary N) is 1. The molecule has 1 saturated heterocycles. The molecule has 8 heteroatoms. The predicted octanol–water partition coefficient (Wildman–Crippen LogP) is 1.02. The number of likely N-dealkylation sites (tertiary alicyclic amines) is 1. The Hall–Kier alpha value is -2.06. The molecule has 0 bridgehead atoms. The normalized spacial score (nSPS) is 15.9. The van der Waals surface area contributed by atoms with Gasteiger partial charge in [-0.3, -0.25) is 14.5 Å². The Morgan fingerprint density at radius 2 is 2.05 bits per heavy atom. The van der Waals surface area contributed by atoms with E-state index in [1.54, 1.807) is 0 Å². The first-order chi connectivity index (χ1) is 9.69. The summed E-state index contributed by atoms with van der Waals surface area (Å²) < 4.78 is 0. The number of nitrogen functional groups attached to an aromatic ring is 1. The van der Waals surface area contributed by atoms with Crippen molar-refractivity contribution >= 4 is 39.2 Å². The number of anilines is 1. The first-order valence-electron chi connectivity index (χ1n) is 6.23. The van der Waals surface area contributed by atoms with Crippen molar-refractivity contribution in [1.29, 1.82) is 0 Å². The van der Waals surface area contributed by atoms with Crippen LogP contribution in [0, 0.1) is 0 Å². The molecule has 0 aromatic carbocycles. The molecule has 0 atom stereocenters. The van der Waals surface area contributed by atoms with E-state index in [1.165, 1.54) is 16.2 Å². The van der Waals surface area contributed by atoms with Gasteiger partial charge in [0, 0.05) is 12.8 Å². The number of carbonyl (C=O) groups is 2. The van der Waals surface area contributed by atoms with Crippen LogP contribution in [0.1, 0.15) is 25.1 Å². The number of nitrogens with two attached hydrogens (primary N) is 1. The second-order valence-corrected chi connectivity index (χ2v) is 5.39. The fraction of sp³-hybridized carbons (Fsp3) is 0.333. The molecule has 3 N–H and O–H groups in total. The Bertz CT molecular complexity index is 668. The quantitative estimate of drug-likeness (QED) is 0.497. The summed E-state index contributed by atoms with van der Waals surface area (Å²) in [5, 5.41) is 2.72. The fourth-order valence-corrected chi connectivity index (χ4v) is 2.98. The van der Waals surface area contributed by atoms with Gasteiger partial charge in [-0.1, -0.05) is 0 Å².